The molecule has 0 saturated carbocycles. The van der Waals surface area contributed by atoms with E-state index in [2.05, 4.69) is 5.10 Å². The van der Waals surface area contributed by atoms with Gasteiger partial charge in [0, 0.05) is 18.4 Å². The predicted octanol–water partition coefficient (Wildman–Crippen LogP) is 2.20. The molecule has 1 heterocycles. The van der Waals surface area contributed by atoms with Crippen LogP contribution in [0.5, 0.6) is 0 Å². The summed E-state index contributed by atoms with van der Waals surface area (Å²) in [5.74, 6) is -1.24. The quantitative estimate of drug-likeness (QED) is 0.914. The van der Waals surface area contributed by atoms with E-state index >= 15 is 0 Å². The summed E-state index contributed by atoms with van der Waals surface area (Å²) in [6, 6.07) is 10.0. The van der Waals surface area contributed by atoms with Crippen molar-refractivity contribution in [2.75, 3.05) is 11.4 Å². The predicted molar refractivity (Wildman–Crippen MR) is 78.4 cm³/mol. The van der Waals surface area contributed by atoms with Crippen molar-refractivity contribution in [2.24, 2.45) is 0 Å². The van der Waals surface area contributed by atoms with Crippen molar-refractivity contribution in [1.29, 1.82) is 0 Å². The van der Waals surface area contributed by atoms with Crippen LogP contribution in [0.4, 0.5) is 5.69 Å². The molecule has 21 heavy (non-hydrogen) atoms. The Morgan fingerprint density at radius 1 is 1.29 bits per heavy atom. The van der Waals surface area contributed by atoms with Gasteiger partial charge < -0.3 is 10.0 Å². The summed E-state index contributed by atoms with van der Waals surface area (Å²) in [7, 11) is 0. The minimum atomic E-state index is -0.993. The van der Waals surface area contributed by atoms with E-state index in [1.807, 2.05) is 37.3 Å². The normalized spacial score (nSPS) is 11.9. The molecular weight excluding hydrogens is 270 g/mol. The molecule has 0 fully saturated rings. The number of anilines is 1. The van der Waals surface area contributed by atoms with E-state index in [0.29, 0.717) is 6.54 Å². The number of para-hydroxylation sites is 1. The van der Waals surface area contributed by atoms with Gasteiger partial charge in [0.25, 0.3) is 5.91 Å². The average molecular weight is 287 g/mol. The largest absolute Gasteiger partial charge is 0.480 e. The van der Waals surface area contributed by atoms with Crippen molar-refractivity contribution in [1.82, 2.24) is 9.78 Å². The number of carboxylic acid groups (broad SMARTS) is 1. The fraction of sp³-hybridized carbons (Fsp3) is 0.267. The molecule has 1 unspecified atom stereocenters. The molecule has 1 atom stereocenters. The number of aromatic nitrogens is 2. The maximum atomic E-state index is 12.5. The smallest absolute Gasteiger partial charge is 0.328 e. The molecule has 2 rings (SSSR count). The first-order chi connectivity index (χ1) is 10.0. The number of aliphatic carboxylic acids is 1. The second-order valence-corrected chi connectivity index (χ2v) is 4.58. The number of amides is 1. The lowest BCUT2D eigenvalue weighted by Crippen LogP contribution is -2.31. The zero-order chi connectivity index (χ0) is 15.4. The number of hydrogen-bond acceptors (Lipinski definition) is 3. The first kappa shape index (κ1) is 14.8. The van der Waals surface area contributed by atoms with Gasteiger partial charge in [0.15, 0.2) is 5.69 Å². The lowest BCUT2D eigenvalue weighted by Gasteiger charge is -2.19. The molecule has 0 aliphatic carbocycles. The molecule has 0 aliphatic heterocycles. The number of rotatable bonds is 5. The summed E-state index contributed by atoms with van der Waals surface area (Å²) in [4.78, 5) is 25.0. The van der Waals surface area contributed by atoms with Crippen LogP contribution in [0, 0.1) is 0 Å². The maximum Gasteiger partial charge on any atom is 0.328 e. The van der Waals surface area contributed by atoms with Crippen LogP contribution in [-0.4, -0.2) is 33.3 Å². The van der Waals surface area contributed by atoms with Crippen molar-refractivity contribution in [3.05, 3.63) is 48.3 Å². The van der Waals surface area contributed by atoms with E-state index < -0.39 is 12.0 Å². The monoisotopic (exact) mass is 287 g/mol. The number of hydrogen-bond donors (Lipinski definition) is 1. The maximum absolute atomic E-state index is 12.5. The molecule has 6 nitrogen and oxygen atoms in total. The molecule has 0 bridgehead atoms. The summed E-state index contributed by atoms with van der Waals surface area (Å²) in [5, 5.41) is 13.0. The van der Waals surface area contributed by atoms with Gasteiger partial charge in [0.2, 0.25) is 0 Å². The first-order valence-electron chi connectivity index (χ1n) is 6.69. The zero-order valence-corrected chi connectivity index (χ0v) is 11.9. The van der Waals surface area contributed by atoms with E-state index in [1.54, 1.807) is 4.90 Å². The standard InChI is InChI=1S/C15H17N3O3/c1-3-17(12-7-5-4-6-8-12)14(19)13-9-10-18(16-13)11(2)15(20)21/h4-11H,3H2,1-2H3,(H,20,21). The van der Waals surface area contributed by atoms with Crippen molar-refractivity contribution in [3.8, 4) is 0 Å². The highest BCUT2D eigenvalue weighted by Crippen LogP contribution is 2.16. The van der Waals surface area contributed by atoms with E-state index in [-0.39, 0.29) is 11.6 Å². The van der Waals surface area contributed by atoms with Crippen LogP contribution in [0.3, 0.4) is 0 Å². The Morgan fingerprint density at radius 2 is 1.95 bits per heavy atom. The van der Waals surface area contributed by atoms with Crippen LogP contribution < -0.4 is 4.90 Å². The highest BCUT2D eigenvalue weighted by atomic mass is 16.4. The fourth-order valence-electron chi connectivity index (χ4n) is 1.97. The third kappa shape index (κ3) is 3.10. The number of carbonyl (C=O) groups is 2. The number of carboxylic acids is 1. The van der Waals surface area contributed by atoms with Gasteiger partial charge in [0.05, 0.1) is 0 Å². The molecule has 6 heteroatoms. The molecular formula is C15H17N3O3. The molecule has 110 valence electrons. The zero-order valence-electron chi connectivity index (χ0n) is 11.9. The molecule has 1 amide bonds. The SMILES string of the molecule is CCN(C(=O)c1ccn(C(C)C(=O)O)n1)c1ccccc1. The van der Waals surface area contributed by atoms with Gasteiger partial charge in [-0.3, -0.25) is 9.48 Å². The second kappa shape index (κ2) is 6.21. The Balaban J connectivity index is 2.25. The van der Waals surface area contributed by atoms with Gasteiger partial charge in [-0.15, -0.1) is 0 Å². The molecule has 0 saturated heterocycles. The van der Waals surface area contributed by atoms with Crippen LogP contribution in [0.25, 0.3) is 0 Å². The Morgan fingerprint density at radius 3 is 2.52 bits per heavy atom. The lowest BCUT2D eigenvalue weighted by atomic mass is 10.2. The number of benzene rings is 1. The Kier molecular flexibility index (Phi) is 4.37. The average Bonchev–Trinajstić information content (AvgIpc) is 2.97. The van der Waals surface area contributed by atoms with Gasteiger partial charge >= 0.3 is 5.97 Å². The molecule has 0 spiro atoms. The van der Waals surface area contributed by atoms with Gasteiger partial charge in [-0.25, -0.2) is 4.79 Å². The van der Waals surface area contributed by atoms with Gasteiger partial charge in [-0.1, -0.05) is 18.2 Å². The van der Waals surface area contributed by atoms with Gasteiger partial charge in [-0.2, -0.15) is 5.10 Å². The molecule has 2 aromatic rings. The van der Waals surface area contributed by atoms with Gasteiger partial charge in [0.1, 0.15) is 6.04 Å². The summed E-state index contributed by atoms with van der Waals surface area (Å²) in [5.41, 5.74) is 1.01. The van der Waals surface area contributed by atoms with Crippen molar-refractivity contribution in [2.45, 2.75) is 19.9 Å². The van der Waals surface area contributed by atoms with Gasteiger partial charge in [-0.05, 0) is 32.0 Å². The minimum absolute atomic E-state index is 0.230. The summed E-state index contributed by atoms with van der Waals surface area (Å²) in [6.45, 7) is 3.89. The molecule has 1 N–H and O–H groups in total. The third-order valence-electron chi connectivity index (χ3n) is 3.21. The Hall–Kier alpha value is -2.63. The van der Waals surface area contributed by atoms with Crippen molar-refractivity contribution in [3.63, 3.8) is 0 Å². The summed E-state index contributed by atoms with van der Waals surface area (Å²) >= 11 is 0. The Bertz CT molecular complexity index is 637. The van der Waals surface area contributed by atoms with E-state index in [1.165, 1.54) is 23.9 Å². The lowest BCUT2D eigenvalue weighted by molar-refractivity contribution is -0.140. The van der Waals surface area contributed by atoms with Crippen LogP contribution in [0.15, 0.2) is 42.6 Å². The minimum Gasteiger partial charge on any atom is -0.480 e. The summed E-state index contributed by atoms with van der Waals surface area (Å²) < 4.78 is 1.27. The number of nitrogens with zero attached hydrogens (tertiary/aromatic N) is 3. The van der Waals surface area contributed by atoms with E-state index in [9.17, 15) is 9.59 Å². The Labute approximate surface area is 122 Å². The molecule has 0 aliphatic rings. The number of carbonyl (C=O) groups excluding carboxylic acids is 1. The topological polar surface area (TPSA) is 75.4 Å². The molecule has 0 radical (unpaired) electrons. The van der Waals surface area contributed by atoms with E-state index in [0.717, 1.165) is 5.69 Å². The molecule has 1 aromatic carbocycles. The van der Waals surface area contributed by atoms with Crippen molar-refractivity contribution >= 4 is 17.6 Å². The van der Waals surface area contributed by atoms with Crippen LogP contribution in [-0.2, 0) is 4.79 Å². The third-order valence-corrected chi connectivity index (χ3v) is 3.21. The van der Waals surface area contributed by atoms with Crippen LogP contribution >= 0.6 is 0 Å². The van der Waals surface area contributed by atoms with Crippen LogP contribution in [0.1, 0.15) is 30.4 Å². The summed E-state index contributed by atoms with van der Waals surface area (Å²) in [6.07, 6.45) is 1.50. The highest BCUT2D eigenvalue weighted by Gasteiger charge is 2.21. The van der Waals surface area contributed by atoms with Crippen LogP contribution in [0.2, 0.25) is 0 Å². The molecule has 1 aromatic heterocycles. The van der Waals surface area contributed by atoms with Crippen molar-refractivity contribution < 1.29 is 14.7 Å². The first-order valence-corrected chi connectivity index (χ1v) is 6.69. The second-order valence-electron chi connectivity index (χ2n) is 4.58. The van der Waals surface area contributed by atoms with E-state index in [4.69, 9.17) is 5.11 Å². The highest BCUT2D eigenvalue weighted by molar-refractivity contribution is 6.04. The fourth-order valence-corrected chi connectivity index (χ4v) is 1.97.